The summed E-state index contributed by atoms with van der Waals surface area (Å²) in [6, 6.07) is 19.2. The molecule has 2 aliphatic rings. The van der Waals surface area contributed by atoms with Crippen LogP contribution in [0, 0.1) is 11.8 Å². The number of aliphatic hydroxyl groups is 2. The lowest BCUT2D eigenvalue weighted by molar-refractivity contribution is -0.187. The number of hydrogen-bond donors (Lipinski definition) is 4. The van der Waals surface area contributed by atoms with Crippen LogP contribution in [0.25, 0.3) is 12.2 Å². The van der Waals surface area contributed by atoms with Crippen LogP contribution in [0.1, 0.15) is 107 Å². The number of benzene rings is 3. The number of anilines is 2. The van der Waals surface area contributed by atoms with Crippen molar-refractivity contribution in [2.45, 2.75) is 108 Å². The molecule has 0 spiro atoms. The number of hydrogen-bond acceptors (Lipinski definition) is 10. The zero-order valence-corrected chi connectivity index (χ0v) is 33.7. The number of carbonyl (C=O) groups excluding carboxylic acids is 2. The maximum Gasteiger partial charge on any atom is 0.235 e. The van der Waals surface area contributed by atoms with Gasteiger partial charge in [0.25, 0.3) is 0 Å². The molecule has 6 N–H and O–H groups in total. The highest BCUT2D eigenvalue weighted by Gasteiger charge is 2.43. The SMILES string of the molecule is CCCOC1CCC(COc2ccc(/C=C/C(=O)CC(c3ccc(N)cc3N)C(O)(O)C(=O)/C=C/c3ccc(OCC4CCC(OCCC)CC4)cc3)cc2)CC1. The van der Waals surface area contributed by atoms with Crippen LogP contribution in [0.15, 0.2) is 78.9 Å². The van der Waals surface area contributed by atoms with Crippen molar-refractivity contribution >= 4 is 35.1 Å². The molecule has 1 unspecified atom stereocenters. The summed E-state index contributed by atoms with van der Waals surface area (Å²) in [7, 11) is 0. The van der Waals surface area contributed by atoms with Gasteiger partial charge in [-0.15, -0.1) is 0 Å². The minimum absolute atomic E-state index is 0.142. The third kappa shape index (κ3) is 13.6. The van der Waals surface area contributed by atoms with Gasteiger partial charge in [0.15, 0.2) is 5.78 Å². The molecule has 10 nitrogen and oxygen atoms in total. The average Bonchev–Trinajstić information content (AvgIpc) is 3.22. The zero-order chi connectivity index (χ0) is 40.6. The summed E-state index contributed by atoms with van der Waals surface area (Å²) >= 11 is 0. The predicted molar refractivity (Wildman–Crippen MR) is 226 cm³/mol. The lowest BCUT2D eigenvalue weighted by Gasteiger charge is -2.30. The van der Waals surface area contributed by atoms with Crippen molar-refractivity contribution in [2.75, 3.05) is 37.9 Å². The maximum atomic E-state index is 13.4. The first-order chi connectivity index (χ1) is 27.5. The second-order valence-electron chi connectivity index (χ2n) is 15.7. The van der Waals surface area contributed by atoms with Gasteiger partial charge >= 0.3 is 0 Å². The molecule has 0 heterocycles. The number of ether oxygens (including phenoxy) is 4. The van der Waals surface area contributed by atoms with Crippen LogP contribution in [0.3, 0.4) is 0 Å². The largest absolute Gasteiger partial charge is 0.493 e. The average molecular weight is 783 g/mol. The summed E-state index contributed by atoms with van der Waals surface area (Å²) in [5, 5.41) is 22.7. The van der Waals surface area contributed by atoms with Gasteiger partial charge in [0.1, 0.15) is 11.5 Å². The first kappa shape index (κ1) is 43.6. The third-order valence-electron chi connectivity index (χ3n) is 11.1. The molecule has 0 aromatic heterocycles. The van der Waals surface area contributed by atoms with Gasteiger partial charge in [0.2, 0.25) is 11.6 Å². The van der Waals surface area contributed by atoms with E-state index in [1.165, 1.54) is 24.3 Å². The number of nitrogens with two attached hydrogens (primary N) is 2. The van der Waals surface area contributed by atoms with Crippen LogP contribution in [0.5, 0.6) is 11.5 Å². The van der Waals surface area contributed by atoms with Crippen LogP contribution in [-0.4, -0.2) is 66.2 Å². The van der Waals surface area contributed by atoms with Crippen molar-refractivity contribution in [3.05, 3.63) is 95.6 Å². The highest BCUT2D eigenvalue weighted by Crippen LogP contribution is 2.36. The topological polar surface area (TPSA) is 164 Å². The summed E-state index contributed by atoms with van der Waals surface area (Å²) in [4.78, 5) is 26.8. The highest BCUT2D eigenvalue weighted by atomic mass is 16.5. The van der Waals surface area contributed by atoms with Gasteiger partial charge in [-0.05, 0) is 141 Å². The summed E-state index contributed by atoms with van der Waals surface area (Å²) in [5.74, 6) is -3.28. The molecule has 2 saturated carbocycles. The third-order valence-corrected chi connectivity index (χ3v) is 11.1. The van der Waals surface area contributed by atoms with E-state index in [2.05, 4.69) is 13.8 Å². The highest BCUT2D eigenvalue weighted by molar-refractivity contribution is 6.01. The molecular formula is C47H62N2O8. The predicted octanol–water partition coefficient (Wildman–Crippen LogP) is 8.30. The molecule has 3 aromatic rings. The Bertz CT molecular complexity index is 1750. The van der Waals surface area contributed by atoms with Crippen LogP contribution in [0.2, 0.25) is 0 Å². The molecule has 0 saturated heterocycles. The molecule has 10 heteroatoms. The number of rotatable bonds is 21. The fourth-order valence-electron chi connectivity index (χ4n) is 7.58. The van der Waals surface area contributed by atoms with Gasteiger partial charge in [-0.2, -0.15) is 0 Å². The van der Waals surface area contributed by atoms with Crippen molar-refractivity contribution in [1.29, 1.82) is 0 Å². The number of nitrogen functional groups attached to an aromatic ring is 2. The Morgan fingerprint density at radius 2 is 1.18 bits per heavy atom. The standard InChI is InChI=1S/C47H62N2O8/c1-3-27-54-39-21-10-35(11-22-39)31-56-41-17-6-33(7-18-41)5-16-38(50)30-44(43-25-15-37(48)29-45(43)49)47(52,53)46(51)26-14-34-8-19-42(20-9-34)57-32-36-12-23-40(24-13-36)55-28-4-2/h5-9,14-20,25-26,29,35-36,39-40,44,52-53H,3-4,10-13,21-24,27-28,30-32,48-49H2,1-2H3/b16-5+,26-14+. The van der Waals surface area contributed by atoms with E-state index >= 15 is 0 Å². The summed E-state index contributed by atoms with van der Waals surface area (Å²) in [6.07, 6.45) is 16.6. The van der Waals surface area contributed by atoms with Crippen molar-refractivity contribution < 1.29 is 38.7 Å². The Morgan fingerprint density at radius 3 is 1.63 bits per heavy atom. The minimum Gasteiger partial charge on any atom is -0.493 e. The molecule has 57 heavy (non-hydrogen) atoms. The summed E-state index contributed by atoms with van der Waals surface area (Å²) in [5.41, 5.74) is 14.3. The van der Waals surface area contributed by atoms with E-state index in [0.29, 0.717) is 48.5 Å². The van der Waals surface area contributed by atoms with E-state index in [1.54, 1.807) is 24.3 Å². The molecule has 2 aliphatic carbocycles. The molecule has 1 atom stereocenters. The van der Waals surface area contributed by atoms with E-state index < -0.39 is 29.7 Å². The lowest BCUT2D eigenvalue weighted by Crippen LogP contribution is -2.44. The molecule has 0 radical (unpaired) electrons. The van der Waals surface area contributed by atoms with Gasteiger partial charge in [0, 0.05) is 31.0 Å². The van der Waals surface area contributed by atoms with Crippen molar-refractivity contribution in [3.63, 3.8) is 0 Å². The summed E-state index contributed by atoms with van der Waals surface area (Å²) in [6.45, 7) is 7.17. The first-order valence-corrected chi connectivity index (χ1v) is 20.8. The molecule has 0 amide bonds. The zero-order valence-electron chi connectivity index (χ0n) is 33.7. The Kier molecular flexibility index (Phi) is 16.8. The molecular weight excluding hydrogens is 721 g/mol. The Balaban J connectivity index is 1.15. The normalized spacial score (nSPS) is 20.8. The molecule has 308 valence electrons. The van der Waals surface area contributed by atoms with Crippen LogP contribution >= 0.6 is 0 Å². The van der Waals surface area contributed by atoms with E-state index in [1.807, 2.05) is 36.4 Å². The maximum absolute atomic E-state index is 13.4. The second-order valence-corrected chi connectivity index (χ2v) is 15.7. The van der Waals surface area contributed by atoms with E-state index in [9.17, 15) is 19.8 Å². The van der Waals surface area contributed by atoms with Gasteiger partial charge in [-0.3, -0.25) is 9.59 Å². The fourth-order valence-corrected chi connectivity index (χ4v) is 7.58. The van der Waals surface area contributed by atoms with E-state index in [0.717, 1.165) is 101 Å². The van der Waals surface area contributed by atoms with Crippen molar-refractivity contribution in [3.8, 4) is 11.5 Å². The van der Waals surface area contributed by atoms with E-state index in [4.69, 9.17) is 30.4 Å². The number of ketones is 2. The Hall–Kier alpha value is -4.48. The second kappa shape index (κ2) is 21.9. The number of carbonyl (C=O) groups is 2. The summed E-state index contributed by atoms with van der Waals surface area (Å²) < 4.78 is 23.9. The molecule has 0 aliphatic heterocycles. The fraction of sp³-hybridized carbons (Fsp3) is 0.489. The molecule has 0 bridgehead atoms. The number of allylic oxidation sites excluding steroid dienone is 1. The van der Waals surface area contributed by atoms with Crippen molar-refractivity contribution in [2.24, 2.45) is 11.8 Å². The quantitative estimate of drug-likeness (QED) is 0.0470. The minimum atomic E-state index is -2.95. The molecule has 3 aromatic carbocycles. The van der Waals surface area contributed by atoms with Gasteiger partial charge in [0.05, 0.1) is 31.3 Å². The van der Waals surface area contributed by atoms with Gasteiger partial charge in [-0.25, -0.2) is 0 Å². The van der Waals surface area contributed by atoms with Crippen LogP contribution in [-0.2, 0) is 19.1 Å². The van der Waals surface area contributed by atoms with Gasteiger partial charge < -0.3 is 40.6 Å². The molecule has 2 fully saturated rings. The van der Waals surface area contributed by atoms with Crippen molar-refractivity contribution in [1.82, 2.24) is 0 Å². The van der Waals surface area contributed by atoms with Crippen LogP contribution in [0.4, 0.5) is 11.4 Å². The van der Waals surface area contributed by atoms with Crippen LogP contribution < -0.4 is 20.9 Å². The Morgan fingerprint density at radius 1 is 0.702 bits per heavy atom. The lowest BCUT2D eigenvalue weighted by atomic mass is 9.82. The smallest absolute Gasteiger partial charge is 0.235 e. The van der Waals surface area contributed by atoms with E-state index in [-0.39, 0.29) is 11.3 Å². The monoisotopic (exact) mass is 782 g/mol. The van der Waals surface area contributed by atoms with Gasteiger partial charge in [-0.1, -0.05) is 56.3 Å². The molecule has 5 rings (SSSR count). The first-order valence-electron chi connectivity index (χ1n) is 20.8. The Labute approximate surface area is 338 Å².